The molecule has 0 spiro atoms. The Morgan fingerprint density at radius 1 is 1.29 bits per heavy atom. The molecule has 3 heteroatoms. The van der Waals surface area contributed by atoms with Crippen molar-refractivity contribution >= 4 is 12.0 Å². The lowest BCUT2D eigenvalue weighted by Crippen LogP contribution is -1.93. The number of benzene rings is 1. The maximum Gasteiger partial charge on any atom is 0.334 e. The van der Waals surface area contributed by atoms with Crippen molar-refractivity contribution in [2.75, 3.05) is 6.61 Å². The van der Waals surface area contributed by atoms with Crippen molar-refractivity contribution in [3.05, 3.63) is 35.4 Å². The molecular weight excluding hydrogens is 180 g/mol. The average Bonchev–Trinajstić information content (AvgIpc) is 2.56. The number of hydrogen-bond acceptors (Lipinski definition) is 3. The van der Waals surface area contributed by atoms with E-state index in [-0.39, 0.29) is 11.7 Å². The highest BCUT2D eigenvalue weighted by atomic mass is 16.5. The van der Waals surface area contributed by atoms with Crippen LogP contribution in [0.5, 0.6) is 5.75 Å². The zero-order chi connectivity index (χ0) is 9.97. The second kappa shape index (κ2) is 3.54. The van der Waals surface area contributed by atoms with Crippen molar-refractivity contribution in [3.63, 3.8) is 0 Å². The van der Waals surface area contributed by atoms with Crippen LogP contribution in [0.3, 0.4) is 0 Å². The molecule has 72 valence electrons. The molecule has 1 heterocycles. The van der Waals surface area contributed by atoms with E-state index in [2.05, 4.69) is 0 Å². The van der Waals surface area contributed by atoms with Crippen LogP contribution in [-0.4, -0.2) is 17.7 Å². The Kier molecular flexibility index (Phi) is 2.23. The van der Waals surface area contributed by atoms with Crippen LogP contribution < -0.4 is 0 Å². The van der Waals surface area contributed by atoms with E-state index in [1.165, 1.54) is 0 Å². The van der Waals surface area contributed by atoms with E-state index in [9.17, 15) is 4.79 Å². The molecule has 1 aliphatic rings. The van der Waals surface area contributed by atoms with Gasteiger partial charge in [0, 0.05) is 12.0 Å². The van der Waals surface area contributed by atoms with Crippen molar-refractivity contribution in [1.82, 2.24) is 0 Å². The lowest BCUT2D eigenvalue weighted by Gasteiger charge is -1.95. The molecule has 0 radical (unpaired) electrons. The normalized spacial score (nSPS) is 18.6. The quantitative estimate of drug-likeness (QED) is 0.541. The van der Waals surface area contributed by atoms with E-state index in [0.717, 1.165) is 5.56 Å². The Morgan fingerprint density at radius 2 is 2.00 bits per heavy atom. The Morgan fingerprint density at radius 3 is 2.57 bits per heavy atom. The fraction of sp³-hybridized carbons (Fsp3) is 0.182. The molecule has 1 aromatic rings. The minimum atomic E-state index is -0.238. The van der Waals surface area contributed by atoms with Crippen molar-refractivity contribution in [3.8, 4) is 5.75 Å². The number of aromatic hydroxyl groups is 1. The van der Waals surface area contributed by atoms with Crippen LogP contribution in [-0.2, 0) is 9.53 Å². The third kappa shape index (κ3) is 1.76. The standard InChI is InChI=1S/C11H10O3/c12-10-3-1-8(2-4-10)7-9-5-6-14-11(9)13/h1-4,7,12H,5-6H2/b9-7-. The molecule has 1 aromatic carbocycles. The molecule has 2 rings (SSSR count). The van der Waals surface area contributed by atoms with Gasteiger partial charge in [-0.2, -0.15) is 0 Å². The highest BCUT2D eigenvalue weighted by Gasteiger charge is 2.17. The maximum absolute atomic E-state index is 11.1. The molecule has 0 atom stereocenters. The van der Waals surface area contributed by atoms with Crippen LogP contribution in [0.25, 0.3) is 6.08 Å². The number of phenolic OH excluding ortho intramolecular Hbond substituents is 1. The molecule has 0 unspecified atom stereocenters. The molecule has 1 saturated heterocycles. The number of carbonyl (C=O) groups excluding carboxylic acids is 1. The lowest BCUT2D eigenvalue weighted by molar-refractivity contribution is -0.134. The highest BCUT2D eigenvalue weighted by Crippen LogP contribution is 2.18. The number of rotatable bonds is 1. The van der Waals surface area contributed by atoms with E-state index in [4.69, 9.17) is 9.84 Å². The first-order chi connectivity index (χ1) is 6.75. The van der Waals surface area contributed by atoms with Crippen LogP contribution in [0.15, 0.2) is 29.8 Å². The lowest BCUT2D eigenvalue weighted by atomic mass is 10.1. The first-order valence-corrected chi connectivity index (χ1v) is 4.42. The molecule has 1 fully saturated rings. The minimum absolute atomic E-state index is 0.223. The summed E-state index contributed by atoms with van der Waals surface area (Å²) in [5.41, 5.74) is 1.59. The summed E-state index contributed by atoms with van der Waals surface area (Å²) in [5.74, 6) is -0.0146. The molecular formula is C11H10O3. The molecule has 0 aliphatic carbocycles. The molecule has 0 bridgehead atoms. The summed E-state index contributed by atoms with van der Waals surface area (Å²) in [5, 5.41) is 9.06. The fourth-order valence-corrected chi connectivity index (χ4v) is 1.35. The third-order valence-corrected chi connectivity index (χ3v) is 2.10. The van der Waals surface area contributed by atoms with Gasteiger partial charge in [-0.15, -0.1) is 0 Å². The Hall–Kier alpha value is -1.77. The topological polar surface area (TPSA) is 46.5 Å². The molecule has 3 nitrogen and oxygen atoms in total. The first-order valence-electron chi connectivity index (χ1n) is 4.42. The molecule has 0 aromatic heterocycles. The van der Waals surface area contributed by atoms with Gasteiger partial charge in [-0.3, -0.25) is 0 Å². The third-order valence-electron chi connectivity index (χ3n) is 2.10. The summed E-state index contributed by atoms with van der Waals surface area (Å²) in [7, 11) is 0. The number of cyclic esters (lactones) is 1. The number of phenols is 1. The highest BCUT2D eigenvalue weighted by molar-refractivity contribution is 5.95. The van der Waals surface area contributed by atoms with Crippen LogP contribution >= 0.6 is 0 Å². The van der Waals surface area contributed by atoms with Gasteiger partial charge in [-0.05, 0) is 23.8 Å². The van der Waals surface area contributed by atoms with Gasteiger partial charge >= 0.3 is 5.97 Å². The van der Waals surface area contributed by atoms with Gasteiger partial charge in [0.05, 0.1) is 6.61 Å². The summed E-state index contributed by atoms with van der Waals surface area (Å²) in [6.07, 6.45) is 2.45. The fourth-order valence-electron chi connectivity index (χ4n) is 1.35. The van der Waals surface area contributed by atoms with Crippen molar-refractivity contribution < 1.29 is 14.6 Å². The van der Waals surface area contributed by atoms with Crippen LogP contribution in [0.2, 0.25) is 0 Å². The minimum Gasteiger partial charge on any atom is -0.508 e. The molecule has 1 N–H and O–H groups in total. The van der Waals surface area contributed by atoms with E-state index in [1.54, 1.807) is 30.3 Å². The number of esters is 1. The van der Waals surface area contributed by atoms with Gasteiger partial charge in [0.1, 0.15) is 5.75 Å². The largest absolute Gasteiger partial charge is 0.508 e. The SMILES string of the molecule is O=C1OCC/C1=C/c1ccc(O)cc1. The maximum atomic E-state index is 11.1. The molecule has 0 amide bonds. The summed E-state index contributed by atoms with van der Waals surface area (Å²) in [6, 6.07) is 6.70. The Labute approximate surface area is 81.6 Å². The van der Waals surface area contributed by atoms with E-state index in [1.807, 2.05) is 0 Å². The number of carbonyl (C=O) groups is 1. The molecule has 0 saturated carbocycles. The zero-order valence-corrected chi connectivity index (χ0v) is 7.56. The second-order valence-corrected chi connectivity index (χ2v) is 3.15. The smallest absolute Gasteiger partial charge is 0.334 e. The first kappa shape index (κ1) is 8.81. The van der Waals surface area contributed by atoms with Gasteiger partial charge < -0.3 is 9.84 Å². The second-order valence-electron chi connectivity index (χ2n) is 3.15. The summed E-state index contributed by atoms with van der Waals surface area (Å²) < 4.78 is 4.80. The van der Waals surface area contributed by atoms with Crippen molar-refractivity contribution in [2.45, 2.75) is 6.42 Å². The van der Waals surface area contributed by atoms with Gasteiger partial charge in [0.15, 0.2) is 0 Å². The average molecular weight is 190 g/mol. The Balaban J connectivity index is 2.24. The van der Waals surface area contributed by atoms with Crippen LogP contribution in [0.4, 0.5) is 0 Å². The number of ether oxygens (including phenoxy) is 1. The van der Waals surface area contributed by atoms with Gasteiger partial charge in [-0.25, -0.2) is 4.79 Å². The van der Waals surface area contributed by atoms with E-state index >= 15 is 0 Å². The van der Waals surface area contributed by atoms with Gasteiger partial charge in [-0.1, -0.05) is 12.1 Å². The van der Waals surface area contributed by atoms with Crippen LogP contribution in [0, 0.1) is 0 Å². The summed E-state index contributed by atoms with van der Waals surface area (Å²) in [4.78, 5) is 11.1. The van der Waals surface area contributed by atoms with Crippen molar-refractivity contribution in [2.24, 2.45) is 0 Å². The van der Waals surface area contributed by atoms with Gasteiger partial charge in [0.2, 0.25) is 0 Å². The van der Waals surface area contributed by atoms with Gasteiger partial charge in [0.25, 0.3) is 0 Å². The van der Waals surface area contributed by atoms with E-state index < -0.39 is 0 Å². The molecule has 1 aliphatic heterocycles. The van der Waals surface area contributed by atoms with Crippen LogP contribution in [0.1, 0.15) is 12.0 Å². The monoisotopic (exact) mass is 190 g/mol. The zero-order valence-electron chi connectivity index (χ0n) is 7.56. The summed E-state index contributed by atoms with van der Waals surface area (Å²) in [6.45, 7) is 0.475. The van der Waals surface area contributed by atoms with E-state index in [0.29, 0.717) is 18.6 Å². The predicted molar refractivity (Wildman–Crippen MR) is 51.7 cm³/mol. The summed E-state index contributed by atoms with van der Waals surface area (Å²) >= 11 is 0. The predicted octanol–water partition coefficient (Wildman–Crippen LogP) is 1.72. The number of hydrogen-bond donors (Lipinski definition) is 1. The van der Waals surface area contributed by atoms with Crippen molar-refractivity contribution in [1.29, 1.82) is 0 Å². The Bertz CT molecular complexity index is 376. The molecule has 14 heavy (non-hydrogen) atoms.